The van der Waals surface area contributed by atoms with Crippen molar-refractivity contribution in [2.75, 3.05) is 5.32 Å². The molecule has 1 fully saturated rings. The van der Waals surface area contributed by atoms with E-state index in [9.17, 15) is 23.9 Å². The minimum Gasteiger partial charge on any atom is -0.508 e. The van der Waals surface area contributed by atoms with E-state index in [1.165, 1.54) is 18.2 Å². The molecule has 0 saturated carbocycles. The number of hydrogen-bond acceptors (Lipinski definition) is 6. The van der Waals surface area contributed by atoms with Crippen molar-refractivity contribution in [1.29, 1.82) is 0 Å². The number of aromatic hydroxyl groups is 1. The number of benzene rings is 2. The Hall–Kier alpha value is -3.20. The highest BCUT2D eigenvalue weighted by Crippen LogP contribution is 2.24. The first kappa shape index (κ1) is 19.6. The topological polar surface area (TPSA) is 122 Å². The first-order valence-electron chi connectivity index (χ1n) is 8.79. The molecule has 0 radical (unpaired) electrons. The molecule has 2 aromatic carbocycles. The van der Waals surface area contributed by atoms with Gasteiger partial charge < -0.3 is 21.0 Å². The van der Waals surface area contributed by atoms with E-state index in [4.69, 9.17) is 5.73 Å². The number of phenols is 1. The van der Waals surface area contributed by atoms with Crippen LogP contribution in [-0.4, -0.2) is 29.3 Å². The van der Waals surface area contributed by atoms with Crippen molar-refractivity contribution in [1.82, 2.24) is 5.32 Å². The largest absolute Gasteiger partial charge is 0.508 e. The third kappa shape index (κ3) is 4.20. The van der Waals surface area contributed by atoms with Crippen molar-refractivity contribution in [3.8, 4) is 5.75 Å². The number of anilines is 1. The van der Waals surface area contributed by atoms with Gasteiger partial charge in [0.15, 0.2) is 0 Å². The Morgan fingerprint density at radius 1 is 1.21 bits per heavy atom. The molecule has 9 heteroatoms. The van der Waals surface area contributed by atoms with Crippen LogP contribution in [0.5, 0.6) is 5.75 Å². The lowest BCUT2D eigenvalue weighted by atomic mass is 9.39. The van der Waals surface area contributed by atoms with Crippen LogP contribution < -0.4 is 16.4 Å². The van der Waals surface area contributed by atoms with Crippen LogP contribution in [0.25, 0.3) is 0 Å². The molecule has 1 aliphatic rings. The molecule has 0 atom stereocenters. The van der Waals surface area contributed by atoms with Gasteiger partial charge in [0.1, 0.15) is 17.2 Å². The Kier molecular flexibility index (Phi) is 5.74. The monoisotopic (exact) mass is 383 g/mol. The number of carbonyl (C=O) groups excluding carboxylic acids is 3. The Bertz CT molecular complexity index is 935. The standard InChI is InChI=1S/C19H19BFN3O4/c21-15-5-4-12(25)6-11(15)10-23-16-3-1-2-13(14(16)9-22)19(28)20-7-17(26)24-18(27)8-20/h1-6,23,25H,7-10,22H2,(H,24,26,27). The van der Waals surface area contributed by atoms with E-state index in [2.05, 4.69) is 10.6 Å². The molecular weight excluding hydrogens is 364 g/mol. The second-order valence-electron chi connectivity index (χ2n) is 6.61. The predicted molar refractivity (Wildman–Crippen MR) is 103 cm³/mol. The molecule has 144 valence electrons. The van der Waals surface area contributed by atoms with Crippen LogP contribution in [0.15, 0.2) is 36.4 Å². The van der Waals surface area contributed by atoms with Crippen LogP contribution in [0.2, 0.25) is 12.6 Å². The number of halogens is 1. The summed E-state index contributed by atoms with van der Waals surface area (Å²) in [6.07, 6.45) is -0.110. The summed E-state index contributed by atoms with van der Waals surface area (Å²) in [6.45, 7) is -0.611. The van der Waals surface area contributed by atoms with Crippen LogP contribution in [0, 0.1) is 5.82 Å². The summed E-state index contributed by atoms with van der Waals surface area (Å²) < 4.78 is 13.9. The van der Waals surface area contributed by atoms with E-state index in [1.54, 1.807) is 18.2 Å². The summed E-state index contributed by atoms with van der Waals surface area (Å²) in [5.41, 5.74) is 7.17. The van der Waals surface area contributed by atoms with E-state index >= 15 is 0 Å². The molecule has 5 N–H and O–H groups in total. The second kappa shape index (κ2) is 8.22. The van der Waals surface area contributed by atoms with E-state index in [-0.39, 0.29) is 42.7 Å². The molecule has 0 unspecified atom stereocenters. The van der Waals surface area contributed by atoms with Crippen LogP contribution >= 0.6 is 0 Å². The number of carbonyl (C=O) groups is 3. The Morgan fingerprint density at radius 3 is 2.61 bits per heavy atom. The third-order valence-electron chi connectivity index (χ3n) is 4.66. The summed E-state index contributed by atoms with van der Waals surface area (Å²) in [6, 6.07) is 8.69. The molecule has 1 saturated heterocycles. The van der Waals surface area contributed by atoms with Crippen molar-refractivity contribution in [3.63, 3.8) is 0 Å². The first-order chi connectivity index (χ1) is 13.4. The number of nitrogens with one attached hydrogen (secondary N) is 2. The van der Waals surface area contributed by atoms with Gasteiger partial charge in [0.25, 0.3) is 0 Å². The second-order valence-corrected chi connectivity index (χ2v) is 6.61. The van der Waals surface area contributed by atoms with Crippen LogP contribution in [-0.2, 0) is 22.7 Å². The summed E-state index contributed by atoms with van der Waals surface area (Å²) in [5, 5.41) is 14.7. The van der Waals surface area contributed by atoms with E-state index in [0.29, 0.717) is 16.8 Å². The molecule has 7 nitrogen and oxygen atoms in total. The molecule has 1 heterocycles. The number of hydrogen-bond donors (Lipinski definition) is 4. The highest BCUT2D eigenvalue weighted by atomic mass is 19.1. The van der Waals surface area contributed by atoms with Crippen molar-refractivity contribution in [2.45, 2.75) is 25.7 Å². The smallest absolute Gasteiger partial charge is 0.248 e. The maximum Gasteiger partial charge on any atom is 0.248 e. The average Bonchev–Trinajstić information content (AvgIpc) is 2.67. The maximum atomic E-state index is 13.9. The van der Waals surface area contributed by atoms with Gasteiger partial charge in [-0.05, 0) is 29.8 Å². The number of phenolic OH excluding ortho intramolecular Hbond substituents is 1. The van der Waals surface area contributed by atoms with Crippen molar-refractivity contribution < 1.29 is 23.9 Å². The van der Waals surface area contributed by atoms with Gasteiger partial charge in [0.05, 0.1) is 0 Å². The SMILES string of the molecule is NCc1c(NCc2cc(O)ccc2F)cccc1C(=O)B1CC(=O)NC(=O)C1. The van der Waals surface area contributed by atoms with Gasteiger partial charge in [0.2, 0.25) is 18.5 Å². The zero-order chi connectivity index (χ0) is 20.3. The number of rotatable bonds is 6. The quantitative estimate of drug-likeness (QED) is 0.443. The molecule has 2 amide bonds. The zero-order valence-corrected chi connectivity index (χ0v) is 15.0. The summed E-state index contributed by atoms with van der Waals surface area (Å²) >= 11 is 0. The lowest BCUT2D eigenvalue weighted by Crippen LogP contribution is -2.45. The van der Waals surface area contributed by atoms with Crippen LogP contribution in [0.4, 0.5) is 10.1 Å². The first-order valence-corrected chi connectivity index (χ1v) is 8.79. The molecule has 28 heavy (non-hydrogen) atoms. The lowest BCUT2D eigenvalue weighted by Gasteiger charge is -2.20. The van der Waals surface area contributed by atoms with Crippen LogP contribution in [0.1, 0.15) is 21.5 Å². The van der Waals surface area contributed by atoms with Crippen LogP contribution in [0.3, 0.4) is 0 Å². The Morgan fingerprint density at radius 2 is 1.93 bits per heavy atom. The van der Waals surface area contributed by atoms with Crippen molar-refractivity contribution in [2.24, 2.45) is 5.73 Å². The fourth-order valence-corrected chi connectivity index (χ4v) is 3.27. The summed E-state index contributed by atoms with van der Waals surface area (Å²) in [4.78, 5) is 36.1. The van der Waals surface area contributed by atoms with E-state index in [1.807, 2.05) is 0 Å². The molecule has 1 aliphatic heterocycles. The van der Waals surface area contributed by atoms with Gasteiger partial charge in [-0.2, -0.15) is 0 Å². The summed E-state index contributed by atoms with van der Waals surface area (Å²) in [5.74, 6) is -1.48. The maximum absolute atomic E-state index is 13.9. The van der Waals surface area contributed by atoms with Gasteiger partial charge >= 0.3 is 0 Å². The third-order valence-corrected chi connectivity index (χ3v) is 4.66. The number of nitrogens with two attached hydrogens (primary N) is 1. The molecule has 3 rings (SSSR count). The van der Waals surface area contributed by atoms with Gasteiger partial charge in [0, 0.05) is 42.5 Å². The van der Waals surface area contributed by atoms with Gasteiger partial charge in [-0.25, -0.2) is 4.39 Å². The summed E-state index contributed by atoms with van der Waals surface area (Å²) in [7, 11) is 0. The molecule has 0 aromatic heterocycles. The molecule has 2 aromatic rings. The number of imide groups is 1. The minimum atomic E-state index is -0.731. The van der Waals surface area contributed by atoms with Gasteiger partial charge in [-0.15, -0.1) is 0 Å². The molecule has 0 bridgehead atoms. The van der Waals surface area contributed by atoms with Gasteiger partial charge in [-0.1, -0.05) is 12.1 Å². The van der Waals surface area contributed by atoms with Gasteiger partial charge in [-0.3, -0.25) is 14.9 Å². The zero-order valence-electron chi connectivity index (χ0n) is 15.0. The lowest BCUT2D eigenvalue weighted by molar-refractivity contribution is -0.128. The highest BCUT2D eigenvalue weighted by Gasteiger charge is 2.35. The Balaban J connectivity index is 1.84. The number of amides is 2. The average molecular weight is 383 g/mol. The molecule has 0 aliphatic carbocycles. The molecule has 0 spiro atoms. The fraction of sp³-hybridized carbons (Fsp3) is 0.211. The highest BCUT2D eigenvalue weighted by molar-refractivity contribution is 6.96. The fourth-order valence-electron chi connectivity index (χ4n) is 3.27. The normalized spacial score (nSPS) is 14.0. The van der Waals surface area contributed by atoms with Crippen molar-refractivity contribution in [3.05, 3.63) is 58.9 Å². The Labute approximate surface area is 161 Å². The predicted octanol–water partition coefficient (Wildman–Crippen LogP) is 1.48. The minimum absolute atomic E-state index is 0.0413. The molecular formula is C19H19BFN3O4. The van der Waals surface area contributed by atoms with E-state index < -0.39 is 24.3 Å². The van der Waals surface area contributed by atoms with Crippen molar-refractivity contribution >= 4 is 29.9 Å². The van der Waals surface area contributed by atoms with E-state index in [0.717, 1.165) is 0 Å².